The molecule has 156 valence electrons. The molecule has 29 heavy (non-hydrogen) atoms. The van der Waals surface area contributed by atoms with E-state index in [1.165, 1.54) is 30.3 Å². The summed E-state index contributed by atoms with van der Waals surface area (Å²) < 4.78 is 39.9. The summed E-state index contributed by atoms with van der Waals surface area (Å²) in [5.74, 6) is 0.158. The number of aliphatic imine (C=N–C) groups is 1. The molecule has 2 aromatic carbocycles. The summed E-state index contributed by atoms with van der Waals surface area (Å²) in [5, 5.41) is 16.8. The maximum Gasteiger partial charge on any atom is 0.270 e. The van der Waals surface area contributed by atoms with E-state index in [0.29, 0.717) is 19.0 Å². The number of hydrogen-bond donors (Lipinski definition) is 3. The van der Waals surface area contributed by atoms with Gasteiger partial charge in [-0.3, -0.25) is 10.1 Å². The van der Waals surface area contributed by atoms with Crippen molar-refractivity contribution >= 4 is 21.7 Å². The topological polar surface area (TPSA) is 126 Å². The summed E-state index contributed by atoms with van der Waals surface area (Å²) >= 11 is 0. The van der Waals surface area contributed by atoms with Crippen LogP contribution in [0.4, 0.5) is 10.1 Å². The quantitative estimate of drug-likeness (QED) is 0.186. The summed E-state index contributed by atoms with van der Waals surface area (Å²) in [6, 6.07) is 10.8. The van der Waals surface area contributed by atoms with Crippen molar-refractivity contribution in [1.82, 2.24) is 15.4 Å². The molecule has 0 saturated carbocycles. The fourth-order valence-electron chi connectivity index (χ4n) is 2.32. The minimum absolute atomic E-state index is 0.0476. The number of non-ortho nitro benzene ring substituents is 1. The molecule has 0 fully saturated rings. The van der Waals surface area contributed by atoms with Crippen LogP contribution in [-0.2, 0) is 16.6 Å². The number of nitrogens with one attached hydrogen (secondary N) is 3. The van der Waals surface area contributed by atoms with Crippen LogP contribution >= 0.6 is 0 Å². The van der Waals surface area contributed by atoms with Gasteiger partial charge in [0.15, 0.2) is 5.96 Å². The number of rotatable bonds is 9. The average Bonchev–Trinajstić information content (AvgIpc) is 2.70. The third kappa shape index (κ3) is 7.12. The summed E-state index contributed by atoms with van der Waals surface area (Å²) in [5.41, 5.74) is 0.531. The van der Waals surface area contributed by atoms with Gasteiger partial charge in [0, 0.05) is 31.8 Å². The number of guanidine groups is 1. The molecule has 11 heteroatoms. The second kappa shape index (κ2) is 10.5. The Bertz CT molecular complexity index is 964. The van der Waals surface area contributed by atoms with Gasteiger partial charge in [0.2, 0.25) is 10.0 Å². The van der Waals surface area contributed by atoms with E-state index in [2.05, 4.69) is 20.3 Å². The molecular formula is C18H22FN5O4S. The Balaban J connectivity index is 1.90. The minimum Gasteiger partial charge on any atom is -0.357 e. The zero-order valence-corrected chi connectivity index (χ0v) is 16.6. The normalized spacial score (nSPS) is 11.9. The summed E-state index contributed by atoms with van der Waals surface area (Å²) in [7, 11) is -3.88. The number of halogens is 1. The van der Waals surface area contributed by atoms with Gasteiger partial charge < -0.3 is 10.6 Å². The molecule has 2 aromatic rings. The molecule has 2 rings (SSSR count). The highest BCUT2D eigenvalue weighted by Crippen LogP contribution is 2.16. The van der Waals surface area contributed by atoms with E-state index in [4.69, 9.17) is 0 Å². The van der Waals surface area contributed by atoms with Crippen LogP contribution < -0.4 is 15.4 Å². The third-order valence-electron chi connectivity index (χ3n) is 3.73. The van der Waals surface area contributed by atoms with Crippen molar-refractivity contribution in [2.24, 2.45) is 4.99 Å². The van der Waals surface area contributed by atoms with Crippen molar-refractivity contribution < 1.29 is 17.7 Å². The Morgan fingerprint density at radius 1 is 1.14 bits per heavy atom. The molecule has 0 atom stereocenters. The first kappa shape index (κ1) is 22.2. The Morgan fingerprint density at radius 3 is 2.52 bits per heavy atom. The number of sulfonamides is 1. The Kier molecular flexibility index (Phi) is 8.04. The number of nitro benzene ring substituents is 1. The Labute approximate surface area is 168 Å². The van der Waals surface area contributed by atoms with Crippen LogP contribution in [0.15, 0.2) is 58.4 Å². The van der Waals surface area contributed by atoms with E-state index in [1.54, 1.807) is 12.1 Å². The highest BCUT2D eigenvalue weighted by atomic mass is 32.2. The highest BCUT2D eigenvalue weighted by Gasteiger charge is 2.17. The van der Waals surface area contributed by atoms with E-state index in [0.717, 1.165) is 11.6 Å². The molecule has 0 aromatic heterocycles. The summed E-state index contributed by atoms with van der Waals surface area (Å²) in [6.07, 6.45) is 0. The van der Waals surface area contributed by atoms with Crippen molar-refractivity contribution in [1.29, 1.82) is 0 Å². The van der Waals surface area contributed by atoms with Gasteiger partial charge >= 0.3 is 0 Å². The fraction of sp³-hybridized carbons (Fsp3) is 0.278. The van der Waals surface area contributed by atoms with Crippen LogP contribution in [0.2, 0.25) is 0 Å². The first-order valence-electron chi connectivity index (χ1n) is 8.82. The lowest BCUT2D eigenvalue weighted by Gasteiger charge is -2.12. The van der Waals surface area contributed by atoms with Gasteiger partial charge in [0.1, 0.15) is 5.82 Å². The van der Waals surface area contributed by atoms with Gasteiger partial charge in [-0.05, 0) is 30.7 Å². The molecule has 0 radical (unpaired) electrons. The zero-order chi connectivity index (χ0) is 21.3. The Hall–Kier alpha value is -3.05. The number of nitro groups is 1. The van der Waals surface area contributed by atoms with Crippen LogP contribution in [-0.4, -0.2) is 38.9 Å². The number of hydrogen-bond acceptors (Lipinski definition) is 5. The standard InChI is InChI=1S/C18H22FN5O4S/c1-2-20-18(22-13-14-6-8-15(19)9-7-14)21-10-11-23-29(27,28)17-5-3-4-16(12-17)24(25)26/h3-9,12,23H,2,10-11,13H2,1H3,(H2,20,21,22). The molecule has 0 heterocycles. The smallest absolute Gasteiger partial charge is 0.270 e. The van der Waals surface area contributed by atoms with Crippen molar-refractivity contribution in [3.05, 3.63) is 70.0 Å². The molecule has 0 spiro atoms. The summed E-state index contributed by atoms with van der Waals surface area (Å²) in [4.78, 5) is 14.3. The maximum atomic E-state index is 12.9. The Morgan fingerprint density at radius 2 is 1.86 bits per heavy atom. The van der Waals surface area contributed by atoms with Crippen LogP contribution in [0.3, 0.4) is 0 Å². The molecule has 0 unspecified atom stereocenters. The van der Waals surface area contributed by atoms with Gasteiger partial charge in [-0.1, -0.05) is 18.2 Å². The molecule has 0 aliphatic heterocycles. The van der Waals surface area contributed by atoms with E-state index in [1.807, 2.05) is 6.92 Å². The van der Waals surface area contributed by atoms with Gasteiger partial charge in [0.05, 0.1) is 16.4 Å². The van der Waals surface area contributed by atoms with E-state index in [-0.39, 0.29) is 29.5 Å². The number of nitrogens with zero attached hydrogens (tertiary/aromatic N) is 2. The lowest BCUT2D eigenvalue weighted by atomic mass is 10.2. The zero-order valence-electron chi connectivity index (χ0n) is 15.8. The fourth-order valence-corrected chi connectivity index (χ4v) is 3.39. The van der Waals surface area contributed by atoms with Gasteiger partial charge in [0.25, 0.3) is 5.69 Å². The SMILES string of the molecule is CCNC(=NCc1ccc(F)cc1)NCCNS(=O)(=O)c1cccc([N+](=O)[O-])c1. The predicted octanol–water partition coefficient (Wildman–Crippen LogP) is 1.77. The number of benzene rings is 2. The van der Waals surface area contributed by atoms with E-state index in [9.17, 15) is 22.9 Å². The molecule has 0 aliphatic rings. The van der Waals surface area contributed by atoms with Gasteiger partial charge in [-0.2, -0.15) is 0 Å². The van der Waals surface area contributed by atoms with Crippen LogP contribution in [0, 0.1) is 15.9 Å². The van der Waals surface area contributed by atoms with Crippen LogP contribution in [0.1, 0.15) is 12.5 Å². The van der Waals surface area contributed by atoms with Crippen LogP contribution in [0.25, 0.3) is 0 Å². The van der Waals surface area contributed by atoms with Crippen molar-refractivity contribution in [2.45, 2.75) is 18.4 Å². The second-order valence-electron chi connectivity index (χ2n) is 5.90. The summed E-state index contributed by atoms with van der Waals surface area (Å²) in [6.45, 7) is 3.11. The largest absolute Gasteiger partial charge is 0.357 e. The molecule has 0 bridgehead atoms. The lowest BCUT2D eigenvalue weighted by Crippen LogP contribution is -2.41. The lowest BCUT2D eigenvalue weighted by molar-refractivity contribution is -0.385. The van der Waals surface area contributed by atoms with E-state index >= 15 is 0 Å². The predicted molar refractivity (Wildman–Crippen MR) is 108 cm³/mol. The molecule has 9 nitrogen and oxygen atoms in total. The average molecular weight is 423 g/mol. The van der Waals surface area contributed by atoms with Crippen molar-refractivity contribution in [2.75, 3.05) is 19.6 Å². The second-order valence-corrected chi connectivity index (χ2v) is 7.67. The molecule has 0 amide bonds. The maximum absolute atomic E-state index is 12.9. The van der Waals surface area contributed by atoms with Gasteiger partial charge in [-0.25, -0.2) is 22.5 Å². The van der Waals surface area contributed by atoms with E-state index < -0.39 is 14.9 Å². The molecule has 0 saturated heterocycles. The first-order chi connectivity index (χ1) is 13.8. The molecule has 3 N–H and O–H groups in total. The monoisotopic (exact) mass is 423 g/mol. The molecular weight excluding hydrogens is 401 g/mol. The van der Waals surface area contributed by atoms with Crippen molar-refractivity contribution in [3.63, 3.8) is 0 Å². The third-order valence-corrected chi connectivity index (χ3v) is 5.18. The van der Waals surface area contributed by atoms with Crippen LogP contribution in [0.5, 0.6) is 0 Å². The first-order valence-corrected chi connectivity index (χ1v) is 10.3. The minimum atomic E-state index is -3.88. The van der Waals surface area contributed by atoms with Gasteiger partial charge in [-0.15, -0.1) is 0 Å². The van der Waals surface area contributed by atoms with Crippen molar-refractivity contribution in [3.8, 4) is 0 Å². The highest BCUT2D eigenvalue weighted by molar-refractivity contribution is 7.89. The molecule has 0 aliphatic carbocycles.